The van der Waals surface area contributed by atoms with Crippen LogP contribution in [0.15, 0.2) is 48.5 Å². The highest BCUT2D eigenvalue weighted by Gasteiger charge is 2.52. The zero-order valence-corrected chi connectivity index (χ0v) is 24.9. The van der Waals surface area contributed by atoms with E-state index in [1.165, 1.54) is 61.7 Å². The normalized spacial score (nSPS) is 21.0. The lowest BCUT2D eigenvalue weighted by atomic mass is 10.1. The summed E-state index contributed by atoms with van der Waals surface area (Å²) in [6, 6.07) is 18.7. The minimum atomic E-state index is -1.56. The van der Waals surface area contributed by atoms with Crippen LogP contribution in [-0.4, -0.2) is 27.0 Å². The molecule has 5 heteroatoms. The van der Waals surface area contributed by atoms with Gasteiger partial charge < -0.3 is 9.16 Å². The second-order valence-corrected chi connectivity index (χ2v) is 26.4. The second kappa shape index (κ2) is 12.0. The molecular formula is C30H46O3Si2. The molecule has 0 radical (unpaired) electrons. The van der Waals surface area contributed by atoms with E-state index in [0.717, 1.165) is 12.8 Å². The van der Waals surface area contributed by atoms with Crippen molar-refractivity contribution in [3.05, 3.63) is 65.2 Å². The maximum atomic E-state index is 12.5. The fraction of sp³-hybridized carbons (Fsp3) is 0.567. The minimum absolute atomic E-state index is 0.0830. The van der Waals surface area contributed by atoms with Crippen molar-refractivity contribution in [2.75, 3.05) is 0 Å². The van der Waals surface area contributed by atoms with E-state index >= 15 is 0 Å². The lowest BCUT2D eigenvalue weighted by molar-refractivity contribution is 0.0734. The van der Waals surface area contributed by atoms with Crippen molar-refractivity contribution >= 4 is 21.4 Å². The fourth-order valence-corrected chi connectivity index (χ4v) is 16.7. The Hall–Kier alpha value is -1.70. The third-order valence-corrected chi connectivity index (χ3v) is 25.4. The van der Waals surface area contributed by atoms with Crippen molar-refractivity contribution in [2.24, 2.45) is 0 Å². The molecule has 3 rings (SSSR count). The number of unbranched alkanes of at least 4 members (excludes halogenated alkanes) is 3. The van der Waals surface area contributed by atoms with Crippen molar-refractivity contribution < 1.29 is 14.0 Å². The van der Waals surface area contributed by atoms with Crippen LogP contribution in [0.2, 0.25) is 31.7 Å². The summed E-state index contributed by atoms with van der Waals surface area (Å²) in [5.41, 5.74) is 3.27. The molecule has 2 aromatic carbocycles. The number of hydrogen-bond donors (Lipinski definition) is 0. The van der Waals surface area contributed by atoms with Gasteiger partial charge in [-0.05, 0) is 94.4 Å². The van der Waals surface area contributed by atoms with Crippen molar-refractivity contribution in [2.45, 2.75) is 109 Å². The highest BCUT2D eigenvalue weighted by atomic mass is 29.3. The summed E-state index contributed by atoms with van der Waals surface area (Å²) in [6.45, 7) is 14.3. The van der Waals surface area contributed by atoms with E-state index < -0.39 is 15.4 Å². The summed E-state index contributed by atoms with van der Waals surface area (Å²) in [6.07, 6.45) is 9.52. The Balaban J connectivity index is 1.40. The van der Waals surface area contributed by atoms with E-state index in [2.05, 4.69) is 64.7 Å². The van der Waals surface area contributed by atoms with Crippen LogP contribution in [0.5, 0.6) is 5.75 Å². The number of benzene rings is 2. The predicted octanol–water partition coefficient (Wildman–Crippen LogP) is 8.52. The highest BCUT2D eigenvalue weighted by molar-refractivity contribution is 7.38. The maximum Gasteiger partial charge on any atom is 0.343 e. The van der Waals surface area contributed by atoms with Gasteiger partial charge in [-0.25, -0.2) is 4.79 Å². The molecule has 0 bridgehead atoms. The van der Waals surface area contributed by atoms with Gasteiger partial charge in [-0.3, -0.25) is 0 Å². The van der Waals surface area contributed by atoms with Crippen LogP contribution < -0.4 is 4.74 Å². The topological polar surface area (TPSA) is 35.5 Å². The Morgan fingerprint density at radius 1 is 0.886 bits per heavy atom. The molecule has 3 nitrogen and oxygen atoms in total. The molecular weight excluding hydrogens is 464 g/mol. The Bertz CT molecular complexity index is 951. The SMILES string of the molecule is CCCCc1ccc(OC(=O)c2ccc(CCCCC[Si]3(C)CCC(C)(C)O[Si]3(C)C)cc2)cc1. The molecule has 1 saturated heterocycles. The number of rotatable bonds is 11. The summed E-state index contributed by atoms with van der Waals surface area (Å²) < 4.78 is 12.2. The van der Waals surface area contributed by atoms with E-state index in [4.69, 9.17) is 9.16 Å². The maximum absolute atomic E-state index is 12.5. The van der Waals surface area contributed by atoms with Crippen LogP contribution in [0.4, 0.5) is 0 Å². The Morgan fingerprint density at radius 3 is 2.09 bits per heavy atom. The first-order valence-corrected chi connectivity index (χ1v) is 20.5. The van der Waals surface area contributed by atoms with Crippen LogP contribution in [0.25, 0.3) is 0 Å². The number of hydrogen-bond acceptors (Lipinski definition) is 3. The molecule has 0 aromatic heterocycles. The Morgan fingerprint density at radius 2 is 1.49 bits per heavy atom. The average molecular weight is 511 g/mol. The molecule has 1 aliphatic rings. The van der Waals surface area contributed by atoms with Gasteiger partial charge in [0.2, 0.25) is 0 Å². The first-order chi connectivity index (χ1) is 16.5. The molecule has 2 aromatic rings. The fourth-order valence-electron chi connectivity index (χ4n) is 5.27. The molecule has 1 aliphatic heterocycles. The average Bonchev–Trinajstić information content (AvgIpc) is 2.81. The van der Waals surface area contributed by atoms with Crippen LogP contribution in [-0.2, 0) is 17.3 Å². The predicted molar refractivity (Wildman–Crippen MR) is 153 cm³/mol. The lowest BCUT2D eigenvalue weighted by Crippen LogP contribution is -2.65. The van der Waals surface area contributed by atoms with E-state index in [1.54, 1.807) is 0 Å². The third-order valence-electron chi connectivity index (χ3n) is 8.10. The summed E-state index contributed by atoms with van der Waals surface area (Å²) in [5.74, 6) is 0.315. The molecule has 0 saturated carbocycles. The van der Waals surface area contributed by atoms with E-state index in [1.807, 2.05) is 24.3 Å². The lowest BCUT2D eigenvalue weighted by Gasteiger charge is -2.51. The Kier molecular flexibility index (Phi) is 9.58. The Labute approximate surface area is 215 Å². The first kappa shape index (κ1) is 27.9. The number of esters is 1. The summed E-state index contributed by atoms with van der Waals surface area (Å²) >= 11 is 0. The van der Waals surface area contributed by atoms with Gasteiger partial charge >= 0.3 is 5.97 Å². The molecule has 1 atom stereocenters. The summed E-state index contributed by atoms with van der Waals surface area (Å²) in [5, 5.41) is 0. The van der Waals surface area contributed by atoms with Crippen molar-refractivity contribution in [1.82, 2.24) is 0 Å². The van der Waals surface area contributed by atoms with Crippen LogP contribution in [0, 0.1) is 0 Å². The standard InChI is InChI=1S/C30H46O3Si2/c1-7-8-12-25-16-20-28(21-17-25)32-29(31)27-18-14-26(15-19-27)13-10-9-11-23-35(6)24-22-30(2,3)33-34(35,4)5/h14-21H,7-13,22-24H2,1-6H3. The summed E-state index contributed by atoms with van der Waals surface area (Å²) in [4.78, 5) is 12.5. The van der Waals surface area contributed by atoms with Gasteiger partial charge in [0, 0.05) is 0 Å². The first-order valence-electron chi connectivity index (χ1n) is 13.6. The largest absolute Gasteiger partial charge is 0.423 e. The van der Waals surface area contributed by atoms with E-state index in [9.17, 15) is 4.79 Å². The minimum Gasteiger partial charge on any atom is -0.423 e. The quantitative estimate of drug-likeness (QED) is 0.131. The second-order valence-electron chi connectivity index (χ2n) is 11.8. The van der Waals surface area contributed by atoms with Gasteiger partial charge in [-0.2, -0.15) is 0 Å². The molecule has 192 valence electrons. The number of carbonyl (C=O) groups is 1. The molecule has 0 N–H and O–H groups in total. The van der Waals surface area contributed by atoms with Crippen molar-refractivity contribution in [3.63, 3.8) is 0 Å². The smallest absolute Gasteiger partial charge is 0.343 e. The molecule has 1 fully saturated rings. The molecule has 0 amide bonds. The van der Waals surface area contributed by atoms with Gasteiger partial charge in [-0.1, -0.05) is 69.1 Å². The van der Waals surface area contributed by atoms with Gasteiger partial charge in [0.15, 0.2) is 7.83 Å². The van der Waals surface area contributed by atoms with Gasteiger partial charge in [-0.15, -0.1) is 0 Å². The molecule has 0 spiro atoms. The van der Waals surface area contributed by atoms with Gasteiger partial charge in [0.05, 0.1) is 18.8 Å². The van der Waals surface area contributed by atoms with Crippen LogP contribution in [0.1, 0.15) is 80.8 Å². The van der Waals surface area contributed by atoms with Crippen molar-refractivity contribution in [1.29, 1.82) is 0 Å². The van der Waals surface area contributed by atoms with Crippen LogP contribution >= 0.6 is 0 Å². The van der Waals surface area contributed by atoms with E-state index in [0.29, 0.717) is 11.3 Å². The van der Waals surface area contributed by atoms with Gasteiger partial charge in [0.1, 0.15) is 5.75 Å². The molecule has 1 unspecified atom stereocenters. The monoisotopic (exact) mass is 510 g/mol. The van der Waals surface area contributed by atoms with Crippen LogP contribution in [0.3, 0.4) is 0 Å². The highest BCUT2D eigenvalue weighted by Crippen LogP contribution is 2.41. The molecule has 0 aliphatic carbocycles. The van der Waals surface area contributed by atoms with Crippen molar-refractivity contribution in [3.8, 4) is 5.75 Å². The van der Waals surface area contributed by atoms with E-state index in [-0.39, 0.29) is 11.6 Å². The molecule has 1 heterocycles. The number of ether oxygens (including phenoxy) is 1. The zero-order chi connectivity index (χ0) is 25.5. The third kappa shape index (κ3) is 7.89. The number of carbonyl (C=O) groups excluding carboxylic acids is 1. The van der Waals surface area contributed by atoms with Gasteiger partial charge in [0.25, 0.3) is 0 Å². The summed E-state index contributed by atoms with van der Waals surface area (Å²) in [7, 11) is -2.84. The molecule has 35 heavy (non-hydrogen) atoms. The zero-order valence-electron chi connectivity index (χ0n) is 22.9. The number of aryl methyl sites for hydroxylation is 2.